The number of ether oxygens (including phenoxy) is 1. The highest BCUT2D eigenvalue weighted by Gasteiger charge is 2.22. The molecular formula is C16H15ClF2N6O. The van der Waals surface area contributed by atoms with Gasteiger partial charge in [0.25, 0.3) is 5.92 Å². The minimum absolute atomic E-state index is 0.134. The van der Waals surface area contributed by atoms with Gasteiger partial charge in [0.2, 0.25) is 5.95 Å². The van der Waals surface area contributed by atoms with Crippen molar-refractivity contribution < 1.29 is 13.5 Å². The number of anilines is 2. The van der Waals surface area contributed by atoms with E-state index in [-0.39, 0.29) is 6.01 Å². The smallest absolute Gasteiger partial charge is 0.316 e. The number of aryl methyl sites for hydroxylation is 1. The largest absolute Gasteiger partial charge is 0.457 e. The maximum absolute atomic E-state index is 12.8. The molecule has 0 spiro atoms. The first-order valence-electron chi connectivity index (χ1n) is 7.57. The van der Waals surface area contributed by atoms with Gasteiger partial charge in [-0.1, -0.05) is 11.6 Å². The second-order valence-corrected chi connectivity index (χ2v) is 6.06. The zero-order chi connectivity index (χ0) is 18.7. The molecule has 0 amide bonds. The van der Waals surface area contributed by atoms with E-state index in [4.69, 9.17) is 16.3 Å². The maximum atomic E-state index is 12.8. The van der Waals surface area contributed by atoms with E-state index in [2.05, 4.69) is 25.4 Å². The lowest BCUT2D eigenvalue weighted by Crippen LogP contribution is -2.21. The molecule has 10 heteroatoms. The van der Waals surface area contributed by atoms with Crippen molar-refractivity contribution in [3.05, 3.63) is 41.7 Å². The Labute approximate surface area is 153 Å². The Balaban J connectivity index is 1.72. The Bertz CT molecular complexity index is 877. The van der Waals surface area contributed by atoms with Gasteiger partial charge >= 0.3 is 6.01 Å². The van der Waals surface area contributed by atoms with E-state index in [0.717, 1.165) is 12.6 Å². The van der Waals surface area contributed by atoms with Crippen molar-refractivity contribution >= 4 is 23.2 Å². The maximum Gasteiger partial charge on any atom is 0.316 e. The molecule has 136 valence electrons. The second-order valence-electron chi connectivity index (χ2n) is 5.63. The molecule has 1 N–H and O–H groups in total. The molecule has 2 aromatic heterocycles. The molecule has 0 aliphatic rings. The summed E-state index contributed by atoms with van der Waals surface area (Å²) in [4.78, 5) is 12.2. The zero-order valence-corrected chi connectivity index (χ0v) is 14.7. The summed E-state index contributed by atoms with van der Waals surface area (Å²) < 4.78 is 32.0. The van der Waals surface area contributed by atoms with Crippen LogP contribution in [0.5, 0.6) is 6.01 Å². The third kappa shape index (κ3) is 4.63. The lowest BCUT2D eigenvalue weighted by Gasteiger charge is -2.10. The van der Waals surface area contributed by atoms with Crippen LogP contribution in [0.3, 0.4) is 0 Å². The number of hydrogen-bond acceptors (Lipinski definition) is 6. The fourth-order valence-corrected chi connectivity index (χ4v) is 2.10. The Morgan fingerprint density at radius 1 is 1.19 bits per heavy atom. The molecular weight excluding hydrogens is 366 g/mol. The first-order chi connectivity index (χ1) is 12.3. The van der Waals surface area contributed by atoms with E-state index in [1.165, 1.54) is 12.4 Å². The number of halogens is 3. The molecule has 0 aliphatic carbocycles. The van der Waals surface area contributed by atoms with Crippen molar-refractivity contribution in [1.82, 2.24) is 24.7 Å². The lowest BCUT2D eigenvalue weighted by atomic mass is 10.3. The topological polar surface area (TPSA) is 77.8 Å². The summed E-state index contributed by atoms with van der Waals surface area (Å²) in [5, 5.41) is 8.04. The van der Waals surface area contributed by atoms with Crippen LogP contribution >= 0.6 is 11.6 Å². The molecule has 0 fully saturated rings. The van der Waals surface area contributed by atoms with Crippen molar-refractivity contribution in [2.75, 3.05) is 11.9 Å². The quantitative estimate of drug-likeness (QED) is 0.702. The Morgan fingerprint density at radius 3 is 2.46 bits per heavy atom. The van der Waals surface area contributed by atoms with Gasteiger partial charge in [0, 0.05) is 37.1 Å². The van der Waals surface area contributed by atoms with Crippen LogP contribution in [0, 0.1) is 0 Å². The summed E-state index contributed by atoms with van der Waals surface area (Å²) in [7, 11) is 1.73. The summed E-state index contributed by atoms with van der Waals surface area (Å²) in [5.41, 5.74) is 1.33. The number of nitrogens with one attached hydrogen (secondary N) is 1. The van der Waals surface area contributed by atoms with Crippen molar-refractivity contribution in [2.45, 2.75) is 12.8 Å². The van der Waals surface area contributed by atoms with Crippen LogP contribution in [0.25, 0.3) is 11.4 Å². The molecule has 0 radical (unpaired) electrons. The Hall–Kier alpha value is -2.81. The average molecular weight is 381 g/mol. The van der Waals surface area contributed by atoms with Crippen molar-refractivity contribution in [1.29, 1.82) is 0 Å². The summed E-state index contributed by atoms with van der Waals surface area (Å²) in [6, 6.07) is 7.01. The number of hydrogen-bond donors (Lipinski definition) is 1. The van der Waals surface area contributed by atoms with Crippen LogP contribution < -0.4 is 10.1 Å². The normalized spacial score (nSPS) is 11.4. The number of rotatable bonds is 6. The molecule has 0 bridgehead atoms. The van der Waals surface area contributed by atoms with Gasteiger partial charge in [0.1, 0.15) is 0 Å². The van der Waals surface area contributed by atoms with Gasteiger partial charge in [-0.2, -0.15) is 4.98 Å². The van der Waals surface area contributed by atoms with Crippen LogP contribution in [0.15, 0.2) is 36.7 Å². The van der Waals surface area contributed by atoms with Gasteiger partial charge in [0.05, 0.1) is 5.56 Å². The van der Waals surface area contributed by atoms with Crippen molar-refractivity contribution in [3.8, 4) is 17.4 Å². The number of nitrogens with zero attached hydrogens (tertiary/aromatic N) is 5. The van der Waals surface area contributed by atoms with E-state index < -0.39 is 12.5 Å². The third-order valence-electron chi connectivity index (χ3n) is 3.20. The van der Waals surface area contributed by atoms with Crippen LogP contribution in [0.4, 0.5) is 20.4 Å². The van der Waals surface area contributed by atoms with E-state index in [1.54, 1.807) is 23.9 Å². The van der Waals surface area contributed by atoms with Gasteiger partial charge in [-0.05, 0) is 24.3 Å². The number of alkyl halides is 2. The highest BCUT2D eigenvalue weighted by molar-refractivity contribution is 6.30. The fourth-order valence-electron chi connectivity index (χ4n) is 1.98. The van der Waals surface area contributed by atoms with Crippen LogP contribution in [0.1, 0.15) is 6.92 Å². The molecule has 1 aromatic carbocycles. The van der Waals surface area contributed by atoms with Gasteiger partial charge in [-0.15, -0.1) is 5.10 Å². The highest BCUT2D eigenvalue weighted by Crippen LogP contribution is 2.21. The van der Waals surface area contributed by atoms with Crippen LogP contribution in [-0.4, -0.2) is 37.3 Å². The predicted molar refractivity (Wildman–Crippen MR) is 92.9 cm³/mol. The molecule has 0 saturated carbocycles. The monoisotopic (exact) mass is 380 g/mol. The second kappa shape index (κ2) is 7.20. The van der Waals surface area contributed by atoms with Gasteiger partial charge in [-0.3, -0.25) is 0 Å². The fraction of sp³-hybridized carbons (Fsp3) is 0.250. The first kappa shape index (κ1) is 18.0. The summed E-state index contributed by atoms with van der Waals surface area (Å²) in [6.45, 7) is -0.0300. The van der Waals surface area contributed by atoms with Crippen LogP contribution in [-0.2, 0) is 7.05 Å². The lowest BCUT2D eigenvalue weighted by molar-refractivity contribution is -0.0256. The minimum Gasteiger partial charge on any atom is -0.457 e. The van der Waals surface area contributed by atoms with Crippen molar-refractivity contribution in [2.24, 2.45) is 7.05 Å². The standard InChI is InChI=1S/C16H15ClF2N6O/c1-16(18,19)9-26-15-20-7-10(8-21-15)13-23-14(25(2)24-13)22-12-5-3-11(17)4-6-12/h3-8H,9H2,1-2H3,(H,22,23,24). The predicted octanol–water partition coefficient (Wildman–Crippen LogP) is 3.70. The molecule has 0 unspecified atom stereocenters. The number of aromatic nitrogens is 5. The van der Waals surface area contributed by atoms with E-state index in [1.807, 2.05) is 12.1 Å². The molecule has 0 saturated heterocycles. The highest BCUT2D eigenvalue weighted by atomic mass is 35.5. The zero-order valence-electron chi connectivity index (χ0n) is 13.9. The first-order valence-corrected chi connectivity index (χ1v) is 7.95. The SMILES string of the molecule is Cn1nc(-c2cnc(OCC(C)(F)F)nc2)nc1Nc1ccc(Cl)cc1. The van der Waals surface area contributed by atoms with E-state index >= 15 is 0 Å². The molecule has 0 aliphatic heterocycles. The summed E-state index contributed by atoms with van der Waals surface area (Å²) >= 11 is 5.86. The van der Waals surface area contributed by atoms with Gasteiger partial charge in [-0.25, -0.2) is 23.4 Å². The minimum atomic E-state index is -2.95. The summed E-state index contributed by atoms with van der Waals surface area (Å²) in [6.07, 6.45) is 2.83. The third-order valence-corrected chi connectivity index (χ3v) is 3.46. The molecule has 26 heavy (non-hydrogen) atoms. The van der Waals surface area contributed by atoms with Crippen LogP contribution in [0.2, 0.25) is 5.02 Å². The van der Waals surface area contributed by atoms with E-state index in [9.17, 15) is 8.78 Å². The molecule has 2 heterocycles. The molecule has 3 rings (SSSR count). The van der Waals surface area contributed by atoms with Crippen molar-refractivity contribution in [3.63, 3.8) is 0 Å². The Kier molecular flexibility index (Phi) is 4.99. The molecule has 7 nitrogen and oxygen atoms in total. The van der Waals surface area contributed by atoms with E-state index in [0.29, 0.717) is 22.4 Å². The average Bonchev–Trinajstić information content (AvgIpc) is 2.96. The van der Waals surface area contributed by atoms with Gasteiger partial charge in [0.15, 0.2) is 12.4 Å². The number of benzene rings is 1. The van der Waals surface area contributed by atoms with Gasteiger partial charge < -0.3 is 10.1 Å². The molecule has 3 aromatic rings. The summed E-state index contributed by atoms with van der Waals surface area (Å²) in [5.74, 6) is -2.06. The Morgan fingerprint density at radius 2 is 1.85 bits per heavy atom. The molecule has 0 atom stereocenters.